The lowest BCUT2D eigenvalue weighted by Crippen LogP contribution is -2.27. The fraction of sp³-hybridized carbons (Fsp3) is 0.385. The van der Waals surface area contributed by atoms with Crippen LogP contribution >= 0.6 is 0 Å². The molecule has 0 spiro atoms. The van der Waals surface area contributed by atoms with E-state index in [1.54, 1.807) is 17.1 Å². The van der Waals surface area contributed by atoms with Crippen LogP contribution < -0.4 is 5.01 Å². The second-order valence-electron chi connectivity index (χ2n) is 5.45. The van der Waals surface area contributed by atoms with Gasteiger partial charge in [0.25, 0.3) is 5.69 Å². The van der Waals surface area contributed by atoms with Gasteiger partial charge in [0.15, 0.2) is 0 Å². The highest BCUT2D eigenvalue weighted by atomic mass is 16.6. The van der Waals surface area contributed by atoms with Crippen LogP contribution in [-0.2, 0) is 4.79 Å². The summed E-state index contributed by atoms with van der Waals surface area (Å²) in [6.45, 7) is 5.99. The Kier molecular flexibility index (Phi) is 3.09. The van der Waals surface area contributed by atoms with Crippen LogP contribution in [0.3, 0.4) is 0 Å². The van der Waals surface area contributed by atoms with Gasteiger partial charge in [-0.1, -0.05) is 20.8 Å². The maximum atomic E-state index is 11.9. The van der Waals surface area contributed by atoms with Crippen molar-refractivity contribution in [3.63, 3.8) is 0 Å². The van der Waals surface area contributed by atoms with Crippen LogP contribution in [-0.4, -0.2) is 23.0 Å². The molecular formula is C13H15N3O3. The van der Waals surface area contributed by atoms with Gasteiger partial charge in [-0.2, -0.15) is 5.10 Å². The normalized spacial score (nSPS) is 15.6. The maximum absolute atomic E-state index is 11.9. The largest absolute Gasteiger partial charge is 0.291 e. The second-order valence-corrected chi connectivity index (χ2v) is 5.45. The Balaban J connectivity index is 2.27. The number of ketones is 1. The molecule has 0 radical (unpaired) electrons. The first kappa shape index (κ1) is 13.2. The molecule has 0 aromatic heterocycles. The Morgan fingerprint density at radius 1 is 1.26 bits per heavy atom. The fourth-order valence-electron chi connectivity index (χ4n) is 1.89. The summed E-state index contributed by atoms with van der Waals surface area (Å²) in [7, 11) is 0. The van der Waals surface area contributed by atoms with Crippen LogP contribution in [0.2, 0.25) is 0 Å². The minimum atomic E-state index is -0.456. The number of rotatable bonds is 2. The number of hydrazone groups is 1. The number of nitro benzene ring substituents is 1. The Morgan fingerprint density at radius 3 is 2.26 bits per heavy atom. The van der Waals surface area contributed by atoms with Crippen molar-refractivity contribution in [1.29, 1.82) is 0 Å². The summed E-state index contributed by atoms with van der Waals surface area (Å²) >= 11 is 0. The number of nitro groups is 1. The molecule has 1 aromatic carbocycles. The standard InChI is InChI=1S/C13H15N3O3/c1-13(2,3)12-11(17)8-15(14-12)9-4-6-10(7-5-9)16(18)19/h4-7H,8H2,1-3H3. The van der Waals surface area contributed by atoms with Gasteiger partial charge in [0.2, 0.25) is 5.78 Å². The number of hydrogen-bond donors (Lipinski definition) is 0. The van der Waals surface area contributed by atoms with Crippen molar-refractivity contribution in [2.24, 2.45) is 10.5 Å². The molecule has 0 saturated heterocycles. The number of carbonyl (C=O) groups is 1. The predicted octanol–water partition coefficient (Wildman–Crippen LogP) is 2.39. The lowest BCUT2D eigenvalue weighted by atomic mass is 9.88. The highest BCUT2D eigenvalue weighted by Crippen LogP contribution is 2.26. The quantitative estimate of drug-likeness (QED) is 0.605. The number of nitrogens with zero attached hydrogens (tertiary/aromatic N) is 3. The smallest absolute Gasteiger partial charge is 0.269 e. The summed E-state index contributed by atoms with van der Waals surface area (Å²) in [5.41, 5.74) is 0.936. The van der Waals surface area contributed by atoms with E-state index in [0.717, 1.165) is 0 Å². The summed E-state index contributed by atoms with van der Waals surface area (Å²) in [6.07, 6.45) is 0. The topological polar surface area (TPSA) is 75.8 Å². The number of benzene rings is 1. The molecule has 0 unspecified atom stereocenters. The van der Waals surface area contributed by atoms with Crippen molar-refractivity contribution in [2.45, 2.75) is 20.8 Å². The van der Waals surface area contributed by atoms with Crippen LogP contribution in [0, 0.1) is 15.5 Å². The van der Waals surface area contributed by atoms with E-state index in [9.17, 15) is 14.9 Å². The first-order chi connectivity index (χ1) is 8.79. The van der Waals surface area contributed by atoms with Crippen molar-refractivity contribution in [3.8, 4) is 0 Å². The van der Waals surface area contributed by atoms with Crippen LogP contribution in [0.5, 0.6) is 0 Å². The van der Waals surface area contributed by atoms with Gasteiger partial charge in [-0.05, 0) is 12.1 Å². The molecule has 100 valence electrons. The van der Waals surface area contributed by atoms with Gasteiger partial charge in [0.1, 0.15) is 12.3 Å². The molecule has 0 saturated carbocycles. The molecule has 0 atom stereocenters. The number of Topliss-reactive ketones (excluding diaryl/α,β-unsaturated/α-hetero) is 1. The molecule has 2 rings (SSSR count). The van der Waals surface area contributed by atoms with Gasteiger partial charge >= 0.3 is 0 Å². The van der Waals surface area contributed by atoms with E-state index < -0.39 is 4.92 Å². The lowest BCUT2D eigenvalue weighted by Gasteiger charge is -2.16. The van der Waals surface area contributed by atoms with Crippen LogP contribution in [0.15, 0.2) is 29.4 Å². The first-order valence-electron chi connectivity index (χ1n) is 5.93. The lowest BCUT2D eigenvalue weighted by molar-refractivity contribution is -0.384. The van der Waals surface area contributed by atoms with E-state index in [-0.39, 0.29) is 23.4 Å². The zero-order valence-electron chi connectivity index (χ0n) is 11.1. The number of anilines is 1. The van der Waals surface area contributed by atoms with Crippen LogP contribution in [0.1, 0.15) is 20.8 Å². The molecule has 0 amide bonds. The molecule has 1 aliphatic rings. The average Bonchev–Trinajstić information content (AvgIpc) is 2.71. The summed E-state index contributed by atoms with van der Waals surface area (Å²) < 4.78 is 0. The monoisotopic (exact) mass is 261 g/mol. The van der Waals surface area contributed by atoms with Gasteiger partial charge in [-0.3, -0.25) is 19.9 Å². The molecular weight excluding hydrogens is 246 g/mol. The molecule has 6 heteroatoms. The summed E-state index contributed by atoms with van der Waals surface area (Å²) in [6, 6.07) is 6.01. The summed E-state index contributed by atoms with van der Waals surface area (Å²) in [5, 5.41) is 16.5. The van der Waals surface area contributed by atoms with Crippen LogP contribution in [0.4, 0.5) is 11.4 Å². The second kappa shape index (κ2) is 4.46. The maximum Gasteiger partial charge on any atom is 0.269 e. The third kappa shape index (κ3) is 2.62. The third-order valence-corrected chi connectivity index (χ3v) is 2.85. The zero-order chi connectivity index (χ0) is 14.2. The summed E-state index contributed by atoms with van der Waals surface area (Å²) in [5.74, 6) is -0.00847. The molecule has 0 fully saturated rings. The highest BCUT2D eigenvalue weighted by molar-refractivity contribution is 6.44. The molecule has 0 aliphatic carbocycles. The minimum absolute atomic E-state index is 0.00847. The Hall–Kier alpha value is -2.24. The molecule has 1 aromatic rings. The molecule has 6 nitrogen and oxygen atoms in total. The Labute approximate surface area is 110 Å². The molecule has 0 bridgehead atoms. The van der Waals surface area contributed by atoms with Gasteiger partial charge in [-0.25, -0.2) is 0 Å². The molecule has 1 aliphatic heterocycles. The molecule has 19 heavy (non-hydrogen) atoms. The molecule has 0 N–H and O–H groups in total. The highest BCUT2D eigenvalue weighted by Gasteiger charge is 2.33. The fourth-order valence-corrected chi connectivity index (χ4v) is 1.89. The Morgan fingerprint density at radius 2 is 1.84 bits per heavy atom. The van der Waals surface area contributed by atoms with Crippen molar-refractivity contribution >= 4 is 22.9 Å². The third-order valence-electron chi connectivity index (χ3n) is 2.85. The van der Waals surface area contributed by atoms with Gasteiger partial charge in [0.05, 0.1) is 10.6 Å². The summed E-state index contributed by atoms with van der Waals surface area (Å²) in [4.78, 5) is 22.0. The number of hydrogen-bond acceptors (Lipinski definition) is 5. The van der Waals surface area contributed by atoms with E-state index in [1.165, 1.54) is 12.1 Å². The number of carbonyl (C=O) groups excluding carboxylic acids is 1. The van der Waals surface area contributed by atoms with E-state index in [2.05, 4.69) is 5.10 Å². The van der Waals surface area contributed by atoms with Gasteiger partial charge in [0, 0.05) is 17.5 Å². The predicted molar refractivity (Wildman–Crippen MR) is 72.3 cm³/mol. The SMILES string of the molecule is CC(C)(C)C1=NN(c2ccc([N+](=O)[O-])cc2)CC1=O. The Bertz CT molecular complexity index is 555. The molecule has 1 heterocycles. The van der Waals surface area contributed by atoms with Crippen molar-refractivity contribution < 1.29 is 9.72 Å². The van der Waals surface area contributed by atoms with Crippen molar-refractivity contribution in [3.05, 3.63) is 34.4 Å². The van der Waals surface area contributed by atoms with E-state index >= 15 is 0 Å². The van der Waals surface area contributed by atoms with Crippen LogP contribution in [0.25, 0.3) is 0 Å². The first-order valence-corrected chi connectivity index (χ1v) is 5.93. The number of non-ortho nitro benzene ring substituents is 1. The van der Waals surface area contributed by atoms with E-state index in [0.29, 0.717) is 11.4 Å². The van der Waals surface area contributed by atoms with Crippen molar-refractivity contribution in [1.82, 2.24) is 0 Å². The minimum Gasteiger partial charge on any atom is -0.291 e. The van der Waals surface area contributed by atoms with E-state index in [1.807, 2.05) is 20.8 Å². The van der Waals surface area contributed by atoms with Gasteiger partial charge < -0.3 is 0 Å². The average molecular weight is 261 g/mol. The zero-order valence-corrected chi connectivity index (χ0v) is 11.1. The van der Waals surface area contributed by atoms with Gasteiger partial charge in [-0.15, -0.1) is 0 Å². The van der Waals surface area contributed by atoms with Crippen molar-refractivity contribution in [2.75, 3.05) is 11.6 Å². The van der Waals surface area contributed by atoms with E-state index in [4.69, 9.17) is 0 Å².